The molecule has 0 aliphatic heterocycles. The predicted molar refractivity (Wildman–Crippen MR) is 77.8 cm³/mol. The third-order valence-corrected chi connectivity index (χ3v) is 4.09. The molecule has 0 aromatic heterocycles. The van der Waals surface area contributed by atoms with E-state index in [-0.39, 0.29) is 5.91 Å². The van der Waals surface area contributed by atoms with Gasteiger partial charge in [0.2, 0.25) is 0 Å². The number of nitrogens with zero attached hydrogens (tertiary/aromatic N) is 1. The van der Waals surface area contributed by atoms with Crippen molar-refractivity contribution in [2.75, 3.05) is 12.5 Å². The molecular weight excluding hydrogens is 238 g/mol. The summed E-state index contributed by atoms with van der Waals surface area (Å²) in [5.41, 5.74) is 3.92. The molecule has 1 amide bonds. The number of nitrogens with two attached hydrogens (primary N) is 1. The minimum Gasteiger partial charge on any atom is -0.339 e. The van der Waals surface area contributed by atoms with Crippen LogP contribution in [0.3, 0.4) is 0 Å². The van der Waals surface area contributed by atoms with E-state index in [9.17, 15) is 4.79 Å². The van der Waals surface area contributed by atoms with Crippen molar-refractivity contribution in [3.8, 4) is 0 Å². The lowest BCUT2D eigenvalue weighted by molar-refractivity contribution is 0.0673. The van der Waals surface area contributed by atoms with E-state index in [1.807, 2.05) is 36.2 Å². The van der Waals surface area contributed by atoms with E-state index in [1.165, 1.54) is 12.8 Å². The Bertz CT molecular complexity index is 447. The van der Waals surface area contributed by atoms with Gasteiger partial charge in [0, 0.05) is 13.1 Å². The number of benzene rings is 1. The summed E-state index contributed by atoms with van der Waals surface area (Å²) < 4.78 is 0. The Morgan fingerprint density at radius 3 is 2.79 bits per heavy atom. The highest BCUT2D eigenvalue weighted by Crippen LogP contribution is 2.28. The van der Waals surface area contributed by atoms with E-state index < -0.39 is 0 Å². The Morgan fingerprint density at radius 1 is 1.37 bits per heavy atom. The quantitative estimate of drug-likeness (QED) is 0.649. The van der Waals surface area contributed by atoms with Gasteiger partial charge in [0.05, 0.1) is 11.3 Å². The fraction of sp³-hybridized carbons (Fsp3) is 0.533. The molecule has 1 aromatic carbocycles. The first-order valence-electron chi connectivity index (χ1n) is 6.96. The monoisotopic (exact) mass is 261 g/mol. The van der Waals surface area contributed by atoms with Crippen LogP contribution in [0.5, 0.6) is 0 Å². The minimum absolute atomic E-state index is 0.0488. The summed E-state index contributed by atoms with van der Waals surface area (Å²) in [6.45, 7) is 2.26. The number of para-hydroxylation sites is 1. The highest BCUT2D eigenvalue weighted by molar-refractivity contribution is 5.99. The second-order valence-electron chi connectivity index (χ2n) is 5.53. The maximum Gasteiger partial charge on any atom is 0.255 e. The SMILES string of the molecule is CC1CCCC(N(C)C(=O)c2ccccc2NN)C1. The van der Waals surface area contributed by atoms with Gasteiger partial charge in [0.25, 0.3) is 5.91 Å². The number of carbonyl (C=O) groups is 1. The standard InChI is InChI=1S/C15H23N3O/c1-11-6-5-7-12(10-11)18(2)15(19)13-8-3-4-9-14(13)17-16/h3-4,8-9,11-12,17H,5-7,10,16H2,1-2H3. The number of nitrogen functional groups attached to an aromatic ring is 1. The fourth-order valence-electron chi connectivity index (χ4n) is 2.91. The van der Waals surface area contributed by atoms with E-state index in [2.05, 4.69) is 12.3 Å². The average molecular weight is 261 g/mol. The number of carbonyl (C=O) groups excluding carboxylic acids is 1. The van der Waals surface area contributed by atoms with Crippen molar-refractivity contribution in [3.05, 3.63) is 29.8 Å². The van der Waals surface area contributed by atoms with Gasteiger partial charge in [0.15, 0.2) is 0 Å². The molecular formula is C15H23N3O. The molecule has 1 saturated carbocycles. The molecule has 1 aliphatic carbocycles. The second-order valence-corrected chi connectivity index (χ2v) is 5.53. The van der Waals surface area contributed by atoms with Gasteiger partial charge in [-0.25, -0.2) is 0 Å². The second kappa shape index (κ2) is 6.06. The van der Waals surface area contributed by atoms with Crippen molar-refractivity contribution in [2.45, 2.75) is 38.6 Å². The van der Waals surface area contributed by atoms with Gasteiger partial charge < -0.3 is 10.3 Å². The largest absolute Gasteiger partial charge is 0.339 e. The Morgan fingerprint density at radius 2 is 2.11 bits per heavy atom. The predicted octanol–water partition coefficient (Wildman–Crippen LogP) is 2.62. The molecule has 1 aromatic rings. The Labute approximate surface area is 114 Å². The normalized spacial score (nSPS) is 22.9. The summed E-state index contributed by atoms with van der Waals surface area (Å²) in [6, 6.07) is 7.73. The summed E-state index contributed by atoms with van der Waals surface area (Å²) in [6.07, 6.45) is 4.69. The van der Waals surface area contributed by atoms with Crippen molar-refractivity contribution in [1.82, 2.24) is 4.90 Å². The molecule has 3 N–H and O–H groups in total. The van der Waals surface area contributed by atoms with Crippen molar-refractivity contribution in [3.63, 3.8) is 0 Å². The first-order valence-corrected chi connectivity index (χ1v) is 6.96. The van der Waals surface area contributed by atoms with Gasteiger partial charge in [0.1, 0.15) is 0 Å². The lowest BCUT2D eigenvalue weighted by Crippen LogP contribution is -2.40. The van der Waals surface area contributed by atoms with Crippen molar-refractivity contribution < 1.29 is 4.79 Å². The average Bonchev–Trinajstić information content (AvgIpc) is 2.45. The number of hydrogen-bond acceptors (Lipinski definition) is 3. The molecule has 2 atom stereocenters. The van der Waals surface area contributed by atoms with Gasteiger partial charge in [-0.1, -0.05) is 31.9 Å². The molecule has 1 aliphatic rings. The first kappa shape index (κ1) is 13.9. The Hall–Kier alpha value is -1.55. The van der Waals surface area contributed by atoms with E-state index >= 15 is 0 Å². The number of nitrogens with one attached hydrogen (secondary N) is 1. The van der Waals surface area contributed by atoms with Crippen LogP contribution in [0.25, 0.3) is 0 Å². The number of anilines is 1. The van der Waals surface area contributed by atoms with Crippen LogP contribution in [0.2, 0.25) is 0 Å². The summed E-state index contributed by atoms with van der Waals surface area (Å²) in [7, 11) is 1.90. The van der Waals surface area contributed by atoms with Crippen molar-refractivity contribution >= 4 is 11.6 Å². The van der Waals surface area contributed by atoms with Crippen LogP contribution in [0.1, 0.15) is 43.0 Å². The van der Waals surface area contributed by atoms with Crippen LogP contribution in [0.15, 0.2) is 24.3 Å². The maximum atomic E-state index is 12.6. The smallest absolute Gasteiger partial charge is 0.255 e. The third-order valence-electron chi connectivity index (χ3n) is 4.09. The number of amides is 1. The maximum absolute atomic E-state index is 12.6. The lowest BCUT2D eigenvalue weighted by atomic mass is 9.86. The number of hydrazine groups is 1. The molecule has 0 bridgehead atoms. The van der Waals surface area contributed by atoms with Crippen molar-refractivity contribution in [1.29, 1.82) is 0 Å². The molecule has 1 fully saturated rings. The van der Waals surface area contributed by atoms with Crippen LogP contribution in [-0.4, -0.2) is 23.9 Å². The molecule has 2 unspecified atom stereocenters. The van der Waals surface area contributed by atoms with E-state index in [0.717, 1.165) is 12.8 Å². The van der Waals surface area contributed by atoms with Crippen molar-refractivity contribution in [2.24, 2.45) is 11.8 Å². The summed E-state index contributed by atoms with van der Waals surface area (Å²) >= 11 is 0. The van der Waals surface area contributed by atoms with Gasteiger partial charge in [-0.05, 0) is 30.9 Å². The van der Waals surface area contributed by atoms with Crippen LogP contribution in [0, 0.1) is 5.92 Å². The van der Waals surface area contributed by atoms with E-state index in [1.54, 1.807) is 0 Å². The molecule has 0 heterocycles. The van der Waals surface area contributed by atoms with Crippen LogP contribution < -0.4 is 11.3 Å². The molecule has 0 radical (unpaired) electrons. The number of hydrogen-bond donors (Lipinski definition) is 2. The van der Waals surface area contributed by atoms with Crippen LogP contribution in [-0.2, 0) is 0 Å². The van der Waals surface area contributed by atoms with E-state index in [4.69, 9.17) is 5.84 Å². The lowest BCUT2D eigenvalue weighted by Gasteiger charge is -2.34. The van der Waals surface area contributed by atoms with Gasteiger partial charge >= 0.3 is 0 Å². The molecule has 4 nitrogen and oxygen atoms in total. The highest BCUT2D eigenvalue weighted by atomic mass is 16.2. The molecule has 2 rings (SSSR count). The Balaban J connectivity index is 2.14. The third kappa shape index (κ3) is 3.07. The van der Waals surface area contributed by atoms with Crippen LogP contribution >= 0.6 is 0 Å². The summed E-state index contributed by atoms with van der Waals surface area (Å²) in [4.78, 5) is 14.4. The highest BCUT2D eigenvalue weighted by Gasteiger charge is 2.26. The zero-order chi connectivity index (χ0) is 13.8. The topological polar surface area (TPSA) is 58.4 Å². The Kier molecular flexibility index (Phi) is 4.43. The molecule has 0 spiro atoms. The molecule has 4 heteroatoms. The van der Waals surface area contributed by atoms with Crippen LogP contribution in [0.4, 0.5) is 5.69 Å². The molecule has 104 valence electrons. The number of rotatable bonds is 3. The fourth-order valence-corrected chi connectivity index (χ4v) is 2.91. The van der Waals surface area contributed by atoms with Gasteiger partial charge in [-0.2, -0.15) is 0 Å². The zero-order valence-corrected chi connectivity index (χ0v) is 11.7. The van der Waals surface area contributed by atoms with E-state index in [0.29, 0.717) is 23.2 Å². The first-order chi connectivity index (χ1) is 9.13. The van der Waals surface area contributed by atoms with Gasteiger partial charge in [-0.15, -0.1) is 0 Å². The van der Waals surface area contributed by atoms with Gasteiger partial charge in [-0.3, -0.25) is 10.6 Å². The summed E-state index contributed by atoms with van der Waals surface area (Å²) in [5.74, 6) is 6.22. The summed E-state index contributed by atoms with van der Waals surface area (Å²) in [5, 5.41) is 0. The molecule has 19 heavy (non-hydrogen) atoms. The molecule has 0 saturated heterocycles. The zero-order valence-electron chi connectivity index (χ0n) is 11.7. The minimum atomic E-state index is 0.0488.